The number of carboxylic acids is 1. The number of aliphatic carboxylic acids is 1. The standard InChI is InChI=1S/C14H23N3O7/c1-5-23-12(21)8-6(7(8)10(18)17-15)9(11(19)20)16-13(22)24-14(2,3)4/h6-9H,5,15H2,1-4H3,(H,16,22)(H,17,18)(H,19,20). The molecule has 0 aliphatic heterocycles. The Bertz CT molecular complexity index is 529. The van der Waals surface area contributed by atoms with Crippen molar-refractivity contribution >= 4 is 23.9 Å². The number of hydrogen-bond donors (Lipinski definition) is 4. The Labute approximate surface area is 139 Å². The Kier molecular flexibility index (Phi) is 6.13. The van der Waals surface area contributed by atoms with E-state index in [0.29, 0.717) is 0 Å². The molecule has 1 rings (SSSR count). The summed E-state index contributed by atoms with van der Waals surface area (Å²) in [5.74, 6) is -0.714. The van der Waals surface area contributed by atoms with E-state index in [1.54, 1.807) is 27.7 Å². The van der Waals surface area contributed by atoms with Crippen LogP contribution in [0.25, 0.3) is 0 Å². The van der Waals surface area contributed by atoms with E-state index in [1.807, 2.05) is 5.43 Å². The lowest BCUT2D eigenvalue weighted by Gasteiger charge is -2.22. The van der Waals surface area contributed by atoms with Gasteiger partial charge in [-0.15, -0.1) is 0 Å². The van der Waals surface area contributed by atoms with Gasteiger partial charge in [0.25, 0.3) is 0 Å². The summed E-state index contributed by atoms with van der Waals surface area (Å²) in [6, 6.07) is -1.49. The summed E-state index contributed by atoms with van der Waals surface area (Å²) < 4.78 is 9.85. The Morgan fingerprint density at radius 3 is 2.21 bits per heavy atom. The van der Waals surface area contributed by atoms with E-state index in [1.165, 1.54) is 0 Å². The van der Waals surface area contributed by atoms with Gasteiger partial charge in [0.2, 0.25) is 5.91 Å². The van der Waals surface area contributed by atoms with Crippen molar-refractivity contribution in [3.8, 4) is 0 Å². The fourth-order valence-corrected chi connectivity index (χ4v) is 2.48. The molecule has 136 valence electrons. The highest BCUT2D eigenvalue weighted by Gasteiger charge is 2.65. The zero-order chi connectivity index (χ0) is 18.7. The Morgan fingerprint density at radius 2 is 1.79 bits per heavy atom. The van der Waals surface area contributed by atoms with Crippen LogP contribution in [0.1, 0.15) is 27.7 Å². The summed E-state index contributed by atoms with van der Waals surface area (Å²) in [5, 5.41) is 11.5. The zero-order valence-electron chi connectivity index (χ0n) is 14.0. The lowest BCUT2D eigenvalue weighted by molar-refractivity contribution is -0.146. The monoisotopic (exact) mass is 345 g/mol. The lowest BCUT2D eigenvalue weighted by Crippen LogP contribution is -2.46. The number of carbonyl (C=O) groups excluding carboxylic acids is 3. The molecule has 0 aromatic carbocycles. The van der Waals surface area contributed by atoms with E-state index in [-0.39, 0.29) is 6.61 Å². The van der Waals surface area contributed by atoms with Crippen molar-refractivity contribution in [1.82, 2.24) is 10.7 Å². The third-order valence-corrected chi connectivity index (χ3v) is 3.40. The topological polar surface area (TPSA) is 157 Å². The van der Waals surface area contributed by atoms with E-state index in [4.69, 9.17) is 15.3 Å². The maximum Gasteiger partial charge on any atom is 0.408 e. The molecule has 4 unspecified atom stereocenters. The average Bonchev–Trinajstić information content (AvgIpc) is 3.17. The minimum absolute atomic E-state index is 0.0796. The molecule has 0 bridgehead atoms. The number of alkyl carbamates (subject to hydrolysis) is 1. The first-order valence-corrected chi connectivity index (χ1v) is 7.42. The van der Waals surface area contributed by atoms with Gasteiger partial charge in [-0.25, -0.2) is 15.4 Å². The minimum atomic E-state index is -1.49. The number of hydrogen-bond acceptors (Lipinski definition) is 7. The van der Waals surface area contributed by atoms with Crippen LogP contribution in [0.2, 0.25) is 0 Å². The molecule has 10 heteroatoms. The van der Waals surface area contributed by atoms with Gasteiger partial charge in [-0.1, -0.05) is 0 Å². The van der Waals surface area contributed by atoms with Crippen molar-refractivity contribution < 1.29 is 33.8 Å². The number of rotatable bonds is 6. The average molecular weight is 345 g/mol. The molecule has 5 N–H and O–H groups in total. The number of carbonyl (C=O) groups is 4. The SMILES string of the molecule is CCOC(=O)C1C(C(=O)NN)C1C(NC(=O)OC(C)(C)C)C(=O)O. The molecule has 0 heterocycles. The molecule has 0 saturated heterocycles. The van der Waals surface area contributed by atoms with Crippen molar-refractivity contribution in [2.75, 3.05) is 6.61 Å². The third kappa shape index (κ3) is 4.82. The molecule has 0 radical (unpaired) electrons. The highest BCUT2D eigenvalue weighted by molar-refractivity contribution is 5.93. The van der Waals surface area contributed by atoms with Gasteiger partial charge in [-0.2, -0.15) is 0 Å². The molecule has 10 nitrogen and oxygen atoms in total. The van der Waals surface area contributed by atoms with Gasteiger partial charge in [0, 0.05) is 5.92 Å². The van der Waals surface area contributed by atoms with Gasteiger partial charge in [0.05, 0.1) is 18.4 Å². The summed E-state index contributed by atoms with van der Waals surface area (Å²) in [7, 11) is 0. The first-order chi connectivity index (χ1) is 11.0. The first kappa shape index (κ1) is 19.7. The summed E-state index contributed by atoms with van der Waals surface area (Å²) in [4.78, 5) is 47.0. The lowest BCUT2D eigenvalue weighted by atomic mass is 10.1. The number of nitrogens with one attached hydrogen (secondary N) is 2. The van der Waals surface area contributed by atoms with E-state index in [0.717, 1.165) is 0 Å². The number of carboxylic acid groups (broad SMARTS) is 1. The van der Waals surface area contributed by atoms with E-state index < -0.39 is 53.3 Å². The molecule has 1 fully saturated rings. The van der Waals surface area contributed by atoms with E-state index in [9.17, 15) is 24.3 Å². The molecule has 1 saturated carbocycles. The van der Waals surface area contributed by atoms with Crippen LogP contribution in [0.3, 0.4) is 0 Å². The maximum atomic E-state index is 11.9. The quantitative estimate of drug-likeness (QED) is 0.215. The van der Waals surface area contributed by atoms with E-state index in [2.05, 4.69) is 5.32 Å². The van der Waals surface area contributed by atoms with Crippen LogP contribution in [0, 0.1) is 17.8 Å². The minimum Gasteiger partial charge on any atom is -0.480 e. The van der Waals surface area contributed by atoms with Crippen LogP contribution in [0.5, 0.6) is 0 Å². The number of ether oxygens (including phenoxy) is 2. The normalized spacial score (nSPS) is 23.6. The van der Waals surface area contributed by atoms with Crippen LogP contribution in [-0.2, 0) is 23.9 Å². The largest absolute Gasteiger partial charge is 0.480 e. The second-order valence-electron chi connectivity index (χ2n) is 6.35. The summed E-state index contributed by atoms with van der Waals surface area (Å²) in [6.07, 6.45) is -0.962. The second-order valence-corrected chi connectivity index (χ2v) is 6.35. The Hall–Kier alpha value is -2.36. The molecular formula is C14H23N3O7. The van der Waals surface area contributed by atoms with Crippen LogP contribution in [0.15, 0.2) is 0 Å². The Balaban J connectivity index is 2.93. The predicted octanol–water partition coefficient (Wildman–Crippen LogP) is -0.620. The fourth-order valence-electron chi connectivity index (χ4n) is 2.48. The van der Waals surface area contributed by atoms with Gasteiger partial charge in [-0.05, 0) is 27.7 Å². The first-order valence-electron chi connectivity index (χ1n) is 7.42. The number of amides is 2. The third-order valence-electron chi connectivity index (χ3n) is 3.40. The van der Waals surface area contributed by atoms with Crippen molar-refractivity contribution in [3.63, 3.8) is 0 Å². The molecule has 1 aliphatic carbocycles. The maximum absolute atomic E-state index is 11.9. The Morgan fingerprint density at radius 1 is 1.21 bits per heavy atom. The number of hydrazine groups is 1. The smallest absolute Gasteiger partial charge is 0.408 e. The summed E-state index contributed by atoms with van der Waals surface area (Å²) in [6.45, 7) is 6.51. The number of nitrogens with two attached hydrogens (primary N) is 1. The molecular weight excluding hydrogens is 322 g/mol. The second kappa shape index (κ2) is 7.47. The van der Waals surface area contributed by atoms with Crippen LogP contribution in [-0.4, -0.2) is 47.3 Å². The van der Waals surface area contributed by atoms with Gasteiger partial charge in [0.1, 0.15) is 11.6 Å². The van der Waals surface area contributed by atoms with Crippen LogP contribution < -0.4 is 16.6 Å². The molecule has 0 spiro atoms. The number of esters is 1. The van der Waals surface area contributed by atoms with Gasteiger partial charge in [-0.3, -0.25) is 15.0 Å². The van der Waals surface area contributed by atoms with Gasteiger partial charge < -0.3 is 19.9 Å². The fraction of sp³-hybridized carbons (Fsp3) is 0.714. The van der Waals surface area contributed by atoms with Crippen molar-refractivity contribution in [2.45, 2.75) is 39.3 Å². The van der Waals surface area contributed by atoms with Crippen molar-refractivity contribution in [1.29, 1.82) is 0 Å². The highest BCUT2D eigenvalue weighted by Crippen LogP contribution is 2.49. The highest BCUT2D eigenvalue weighted by atomic mass is 16.6. The van der Waals surface area contributed by atoms with Crippen LogP contribution in [0.4, 0.5) is 4.79 Å². The van der Waals surface area contributed by atoms with Crippen molar-refractivity contribution in [3.05, 3.63) is 0 Å². The molecule has 1 aliphatic rings. The molecule has 4 atom stereocenters. The predicted molar refractivity (Wildman–Crippen MR) is 80.2 cm³/mol. The van der Waals surface area contributed by atoms with Crippen molar-refractivity contribution in [2.24, 2.45) is 23.6 Å². The van der Waals surface area contributed by atoms with Gasteiger partial charge in [0.15, 0.2) is 0 Å². The molecule has 0 aromatic heterocycles. The van der Waals surface area contributed by atoms with Gasteiger partial charge >= 0.3 is 18.0 Å². The molecule has 0 aromatic rings. The zero-order valence-corrected chi connectivity index (χ0v) is 14.0. The molecule has 24 heavy (non-hydrogen) atoms. The van der Waals surface area contributed by atoms with E-state index >= 15 is 0 Å². The van der Waals surface area contributed by atoms with Crippen LogP contribution >= 0.6 is 0 Å². The summed E-state index contributed by atoms with van der Waals surface area (Å²) in [5.41, 5.74) is 1.06. The summed E-state index contributed by atoms with van der Waals surface area (Å²) >= 11 is 0. The molecule has 2 amide bonds.